The number of fused-ring (bicyclic) bond motifs is 3. The SMILES string of the molecule is CCCCCCCCCCN(CCCCCCCCCC)C[C@@H](O)c1ccc2cc(Br)c3ccccc3c2c1. The Morgan fingerprint density at radius 3 is 1.69 bits per heavy atom. The van der Waals surface area contributed by atoms with Crippen LogP contribution in [0.1, 0.15) is 128 Å². The molecule has 0 heterocycles. The third-order valence-corrected chi connectivity index (χ3v) is 8.96. The Kier molecular flexibility index (Phi) is 15.5. The number of unbranched alkanes of at least 4 members (excludes halogenated alkanes) is 14. The van der Waals surface area contributed by atoms with Gasteiger partial charge in [0, 0.05) is 11.0 Å². The normalized spacial score (nSPS) is 12.6. The Bertz CT molecular complexity index is 1060. The lowest BCUT2D eigenvalue weighted by Gasteiger charge is -2.26. The van der Waals surface area contributed by atoms with Crippen molar-refractivity contribution in [1.82, 2.24) is 4.90 Å². The van der Waals surface area contributed by atoms with E-state index < -0.39 is 6.10 Å². The molecule has 0 fully saturated rings. The number of nitrogens with zero attached hydrogens (tertiary/aromatic N) is 1. The van der Waals surface area contributed by atoms with Crippen molar-refractivity contribution in [3.8, 4) is 0 Å². The highest BCUT2D eigenvalue weighted by molar-refractivity contribution is 9.10. The van der Waals surface area contributed by atoms with Crippen LogP contribution in [0.2, 0.25) is 0 Å². The molecule has 3 aromatic rings. The molecule has 0 amide bonds. The van der Waals surface area contributed by atoms with E-state index in [0.29, 0.717) is 0 Å². The zero-order chi connectivity index (χ0) is 27.7. The average molecular weight is 597 g/mol. The van der Waals surface area contributed by atoms with Crippen LogP contribution >= 0.6 is 15.9 Å². The van der Waals surface area contributed by atoms with E-state index in [0.717, 1.165) is 29.7 Å². The molecule has 1 atom stereocenters. The third kappa shape index (κ3) is 11.2. The van der Waals surface area contributed by atoms with Gasteiger partial charge in [0.15, 0.2) is 0 Å². The predicted octanol–water partition coefficient (Wildman–Crippen LogP) is 11.4. The van der Waals surface area contributed by atoms with Crippen LogP contribution in [0.25, 0.3) is 21.5 Å². The van der Waals surface area contributed by atoms with Gasteiger partial charge in [0.25, 0.3) is 0 Å². The highest BCUT2D eigenvalue weighted by Gasteiger charge is 2.15. The lowest BCUT2D eigenvalue weighted by Crippen LogP contribution is -2.31. The second kappa shape index (κ2) is 18.8. The Morgan fingerprint density at radius 1 is 0.615 bits per heavy atom. The number of rotatable bonds is 21. The second-order valence-corrected chi connectivity index (χ2v) is 12.5. The lowest BCUT2D eigenvalue weighted by atomic mass is 9.98. The van der Waals surface area contributed by atoms with Crippen LogP contribution in [0.5, 0.6) is 0 Å². The van der Waals surface area contributed by atoms with Gasteiger partial charge in [-0.2, -0.15) is 0 Å². The van der Waals surface area contributed by atoms with Crippen molar-refractivity contribution in [2.24, 2.45) is 0 Å². The highest BCUT2D eigenvalue weighted by atomic mass is 79.9. The molecule has 3 heteroatoms. The van der Waals surface area contributed by atoms with Crippen molar-refractivity contribution >= 4 is 37.5 Å². The van der Waals surface area contributed by atoms with E-state index in [1.165, 1.54) is 124 Å². The summed E-state index contributed by atoms with van der Waals surface area (Å²) in [7, 11) is 0. The summed E-state index contributed by atoms with van der Waals surface area (Å²) in [6.45, 7) is 7.51. The van der Waals surface area contributed by atoms with Crippen molar-refractivity contribution in [2.45, 2.75) is 123 Å². The van der Waals surface area contributed by atoms with E-state index in [1.54, 1.807) is 0 Å². The first-order chi connectivity index (χ1) is 19.1. The van der Waals surface area contributed by atoms with E-state index in [2.05, 4.69) is 83.2 Å². The highest BCUT2D eigenvalue weighted by Crippen LogP contribution is 2.33. The van der Waals surface area contributed by atoms with Crippen LogP contribution in [0.3, 0.4) is 0 Å². The van der Waals surface area contributed by atoms with Gasteiger partial charge in [-0.3, -0.25) is 0 Å². The quantitative estimate of drug-likeness (QED) is 0.0977. The molecule has 0 aromatic heterocycles. The molecule has 0 saturated heterocycles. The fraction of sp³-hybridized carbons (Fsp3) is 0.611. The Hall–Kier alpha value is -1.42. The van der Waals surface area contributed by atoms with Crippen LogP contribution < -0.4 is 0 Å². The second-order valence-electron chi connectivity index (χ2n) is 11.7. The largest absolute Gasteiger partial charge is 0.387 e. The molecule has 0 aliphatic carbocycles. The predicted molar refractivity (Wildman–Crippen MR) is 176 cm³/mol. The molecule has 0 unspecified atom stereocenters. The molecule has 0 bridgehead atoms. The van der Waals surface area contributed by atoms with Crippen LogP contribution in [0, 0.1) is 0 Å². The molecule has 3 rings (SSSR count). The summed E-state index contributed by atoms with van der Waals surface area (Å²) in [5, 5.41) is 16.3. The van der Waals surface area contributed by atoms with E-state index in [-0.39, 0.29) is 0 Å². The molecule has 0 aliphatic rings. The minimum atomic E-state index is -0.458. The summed E-state index contributed by atoms with van der Waals surface area (Å²) < 4.78 is 1.13. The van der Waals surface area contributed by atoms with Crippen molar-refractivity contribution in [1.29, 1.82) is 0 Å². The van der Waals surface area contributed by atoms with Crippen LogP contribution in [0.4, 0.5) is 0 Å². The van der Waals surface area contributed by atoms with Gasteiger partial charge in [-0.25, -0.2) is 0 Å². The topological polar surface area (TPSA) is 23.5 Å². The number of aliphatic hydroxyl groups is 1. The first-order valence-corrected chi connectivity index (χ1v) is 16.9. The van der Waals surface area contributed by atoms with Crippen molar-refractivity contribution in [3.05, 3.63) is 58.6 Å². The molecule has 2 nitrogen and oxygen atoms in total. The van der Waals surface area contributed by atoms with E-state index in [1.807, 2.05) is 0 Å². The molecular formula is C36H54BrNO. The molecule has 39 heavy (non-hydrogen) atoms. The molecular weight excluding hydrogens is 542 g/mol. The van der Waals surface area contributed by atoms with Gasteiger partial charge >= 0.3 is 0 Å². The minimum absolute atomic E-state index is 0.458. The Morgan fingerprint density at radius 2 is 1.13 bits per heavy atom. The number of hydrogen-bond acceptors (Lipinski definition) is 2. The van der Waals surface area contributed by atoms with Crippen LogP contribution in [0.15, 0.2) is 53.0 Å². The summed E-state index contributed by atoms with van der Waals surface area (Å²) in [6, 6.07) is 17.3. The van der Waals surface area contributed by atoms with Crippen molar-refractivity contribution in [3.63, 3.8) is 0 Å². The average Bonchev–Trinajstić information content (AvgIpc) is 2.95. The zero-order valence-electron chi connectivity index (χ0n) is 24.9. The maximum atomic E-state index is 11.4. The third-order valence-electron chi connectivity index (χ3n) is 8.31. The van der Waals surface area contributed by atoms with Gasteiger partial charge in [-0.1, -0.05) is 156 Å². The van der Waals surface area contributed by atoms with Crippen LogP contribution in [-0.4, -0.2) is 29.6 Å². The fourth-order valence-electron chi connectivity index (χ4n) is 5.86. The van der Waals surface area contributed by atoms with Gasteiger partial charge in [-0.15, -0.1) is 0 Å². The van der Waals surface area contributed by atoms with E-state index in [9.17, 15) is 5.11 Å². The lowest BCUT2D eigenvalue weighted by molar-refractivity contribution is 0.110. The fourth-order valence-corrected chi connectivity index (χ4v) is 6.46. The summed E-state index contributed by atoms with van der Waals surface area (Å²) in [4.78, 5) is 2.54. The number of aliphatic hydroxyl groups excluding tert-OH is 1. The first-order valence-electron chi connectivity index (χ1n) is 16.1. The molecule has 0 aliphatic heterocycles. The molecule has 0 spiro atoms. The van der Waals surface area contributed by atoms with Gasteiger partial charge in [0.05, 0.1) is 6.10 Å². The van der Waals surface area contributed by atoms with E-state index in [4.69, 9.17) is 0 Å². The summed E-state index contributed by atoms with van der Waals surface area (Å²) in [5.41, 5.74) is 1.03. The monoisotopic (exact) mass is 595 g/mol. The molecule has 3 aromatic carbocycles. The zero-order valence-corrected chi connectivity index (χ0v) is 26.5. The smallest absolute Gasteiger partial charge is 0.0917 e. The van der Waals surface area contributed by atoms with Gasteiger partial charge in [0.2, 0.25) is 0 Å². The standard InChI is InChI=1S/C36H54BrNO/c1-3-5-7-9-11-13-15-19-25-38(26-20-16-14-12-10-8-6-4-2)29-36(39)31-24-23-30-28-35(37)33-22-18-17-21-32(33)34(30)27-31/h17-18,21-24,27-28,36,39H,3-16,19-20,25-26,29H2,1-2H3/t36-/m1/s1. The Balaban J connectivity index is 1.56. The van der Waals surface area contributed by atoms with Gasteiger partial charge in [0.1, 0.15) is 0 Å². The van der Waals surface area contributed by atoms with Crippen molar-refractivity contribution in [2.75, 3.05) is 19.6 Å². The molecule has 1 N–H and O–H groups in total. The molecule has 216 valence electrons. The molecule has 0 saturated carbocycles. The van der Waals surface area contributed by atoms with Crippen LogP contribution in [-0.2, 0) is 0 Å². The number of benzene rings is 3. The maximum absolute atomic E-state index is 11.4. The van der Waals surface area contributed by atoms with Crippen molar-refractivity contribution < 1.29 is 5.11 Å². The first kappa shape index (κ1) is 32.1. The van der Waals surface area contributed by atoms with Gasteiger partial charge in [-0.05, 0) is 65.2 Å². The van der Waals surface area contributed by atoms with E-state index >= 15 is 0 Å². The minimum Gasteiger partial charge on any atom is -0.387 e. The molecule has 0 radical (unpaired) electrons. The number of hydrogen-bond donors (Lipinski definition) is 1. The summed E-state index contributed by atoms with van der Waals surface area (Å²) in [6.07, 6.45) is 21.1. The number of halogens is 1. The summed E-state index contributed by atoms with van der Waals surface area (Å²) in [5.74, 6) is 0. The maximum Gasteiger partial charge on any atom is 0.0917 e. The Labute approximate surface area is 247 Å². The summed E-state index contributed by atoms with van der Waals surface area (Å²) >= 11 is 3.74. The van der Waals surface area contributed by atoms with Gasteiger partial charge < -0.3 is 10.0 Å².